The highest BCUT2D eigenvalue weighted by atomic mass is 16.5. The number of amides is 4. The Morgan fingerprint density at radius 3 is 2.29 bits per heavy atom. The van der Waals surface area contributed by atoms with Crippen molar-refractivity contribution in [3.63, 3.8) is 0 Å². The van der Waals surface area contributed by atoms with Crippen molar-refractivity contribution in [2.45, 2.75) is 19.4 Å². The molecule has 0 aromatic heterocycles. The van der Waals surface area contributed by atoms with Crippen LogP contribution in [0.2, 0.25) is 0 Å². The SMILES string of the molecule is COc1ccc(N2C[C@@H](NC(=O)N3CCN(C(C)=O)CC3)CC2=O)cc1OC. The van der Waals surface area contributed by atoms with Gasteiger partial charge in [0.1, 0.15) is 0 Å². The summed E-state index contributed by atoms with van der Waals surface area (Å²) in [4.78, 5) is 41.4. The minimum Gasteiger partial charge on any atom is -0.493 e. The zero-order valence-corrected chi connectivity index (χ0v) is 16.4. The van der Waals surface area contributed by atoms with Gasteiger partial charge in [-0.05, 0) is 12.1 Å². The van der Waals surface area contributed by atoms with Crippen LogP contribution in [0.4, 0.5) is 10.5 Å². The summed E-state index contributed by atoms with van der Waals surface area (Å²) in [6.45, 7) is 3.97. The molecule has 2 aliphatic heterocycles. The molecule has 1 aromatic carbocycles. The van der Waals surface area contributed by atoms with Crippen molar-refractivity contribution in [1.29, 1.82) is 0 Å². The van der Waals surface area contributed by atoms with Gasteiger partial charge in [0, 0.05) is 57.8 Å². The van der Waals surface area contributed by atoms with Crippen molar-refractivity contribution in [2.24, 2.45) is 0 Å². The zero-order valence-electron chi connectivity index (χ0n) is 16.4. The second kappa shape index (κ2) is 8.37. The van der Waals surface area contributed by atoms with Crippen molar-refractivity contribution in [2.75, 3.05) is 51.8 Å². The highest BCUT2D eigenvalue weighted by molar-refractivity contribution is 5.97. The highest BCUT2D eigenvalue weighted by Crippen LogP contribution is 2.33. The van der Waals surface area contributed by atoms with Crippen molar-refractivity contribution < 1.29 is 23.9 Å². The average molecular weight is 390 g/mol. The Morgan fingerprint density at radius 2 is 1.68 bits per heavy atom. The molecule has 0 radical (unpaired) electrons. The van der Waals surface area contributed by atoms with Gasteiger partial charge in [0.25, 0.3) is 0 Å². The van der Waals surface area contributed by atoms with Crippen LogP contribution in [0, 0.1) is 0 Å². The van der Waals surface area contributed by atoms with Gasteiger partial charge in [-0.2, -0.15) is 0 Å². The van der Waals surface area contributed by atoms with Gasteiger partial charge < -0.3 is 29.5 Å². The molecule has 0 aliphatic carbocycles. The summed E-state index contributed by atoms with van der Waals surface area (Å²) in [5.41, 5.74) is 0.703. The number of piperazine rings is 1. The van der Waals surface area contributed by atoms with Crippen molar-refractivity contribution in [3.05, 3.63) is 18.2 Å². The largest absolute Gasteiger partial charge is 0.493 e. The molecule has 2 fully saturated rings. The van der Waals surface area contributed by atoms with E-state index in [4.69, 9.17) is 9.47 Å². The predicted octanol–water partition coefficient (Wildman–Crippen LogP) is 0.683. The van der Waals surface area contributed by atoms with Gasteiger partial charge in [0.15, 0.2) is 11.5 Å². The van der Waals surface area contributed by atoms with E-state index >= 15 is 0 Å². The van der Waals surface area contributed by atoms with E-state index in [-0.39, 0.29) is 30.3 Å². The number of carbonyl (C=O) groups excluding carboxylic acids is 3. The van der Waals surface area contributed by atoms with Gasteiger partial charge >= 0.3 is 6.03 Å². The molecule has 0 bridgehead atoms. The second-order valence-electron chi connectivity index (χ2n) is 6.89. The molecule has 0 spiro atoms. The maximum absolute atomic E-state index is 12.5. The van der Waals surface area contributed by atoms with Crippen LogP contribution in [-0.4, -0.2) is 80.6 Å². The lowest BCUT2D eigenvalue weighted by Crippen LogP contribution is -2.54. The van der Waals surface area contributed by atoms with Crippen LogP contribution in [0.1, 0.15) is 13.3 Å². The first kappa shape index (κ1) is 19.8. The number of hydrogen-bond acceptors (Lipinski definition) is 5. The molecule has 28 heavy (non-hydrogen) atoms. The van der Waals surface area contributed by atoms with Gasteiger partial charge in [0.2, 0.25) is 11.8 Å². The normalized spacial score (nSPS) is 19.6. The smallest absolute Gasteiger partial charge is 0.317 e. The lowest BCUT2D eigenvalue weighted by molar-refractivity contribution is -0.130. The Morgan fingerprint density at radius 1 is 1.04 bits per heavy atom. The number of rotatable bonds is 4. The Kier molecular flexibility index (Phi) is 5.91. The third kappa shape index (κ3) is 4.13. The number of nitrogens with one attached hydrogen (secondary N) is 1. The van der Waals surface area contributed by atoms with Crippen LogP contribution in [0.15, 0.2) is 18.2 Å². The molecule has 2 heterocycles. The molecule has 9 nitrogen and oxygen atoms in total. The molecule has 1 aromatic rings. The first-order chi connectivity index (χ1) is 13.4. The maximum atomic E-state index is 12.5. The minimum atomic E-state index is -0.265. The van der Waals surface area contributed by atoms with Gasteiger partial charge in [-0.1, -0.05) is 0 Å². The molecule has 0 unspecified atom stereocenters. The molecular formula is C19H26N4O5. The van der Waals surface area contributed by atoms with E-state index in [0.717, 1.165) is 0 Å². The molecule has 4 amide bonds. The molecule has 2 aliphatic rings. The van der Waals surface area contributed by atoms with Crippen LogP contribution >= 0.6 is 0 Å². The van der Waals surface area contributed by atoms with Crippen molar-refractivity contribution in [3.8, 4) is 11.5 Å². The average Bonchev–Trinajstić information content (AvgIpc) is 3.07. The Hall–Kier alpha value is -2.97. The first-order valence-corrected chi connectivity index (χ1v) is 9.26. The van der Waals surface area contributed by atoms with Crippen LogP contribution in [0.5, 0.6) is 11.5 Å². The quantitative estimate of drug-likeness (QED) is 0.817. The molecule has 1 atom stereocenters. The summed E-state index contributed by atoms with van der Waals surface area (Å²) < 4.78 is 10.5. The number of ether oxygens (including phenoxy) is 2. The lowest BCUT2D eigenvalue weighted by atomic mass is 10.2. The van der Waals surface area contributed by atoms with E-state index in [9.17, 15) is 14.4 Å². The van der Waals surface area contributed by atoms with Crippen molar-refractivity contribution in [1.82, 2.24) is 15.1 Å². The monoisotopic (exact) mass is 390 g/mol. The number of anilines is 1. The number of carbonyl (C=O) groups is 3. The Labute approximate surface area is 164 Å². The van der Waals surface area contributed by atoms with Crippen LogP contribution in [0.3, 0.4) is 0 Å². The highest BCUT2D eigenvalue weighted by Gasteiger charge is 2.33. The minimum absolute atomic E-state index is 0.0204. The van der Waals surface area contributed by atoms with Gasteiger partial charge in [-0.25, -0.2) is 4.79 Å². The van der Waals surface area contributed by atoms with Gasteiger partial charge in [-0.3, -0.25) is 9.59 Å². The number of hydrogen-bond donors (Lipinski definition) is 1. The standard InChI is InChI=1S/C19H26N4O5/c1-13(24)21-6-8-22(9-7-21)19(26)20-14-10-18(25)23(12-14)15-4-5-16(27-2)17(11-15)28-3/h4-5,11,14H,6-10,12H2,1-3H3,(H,20,26)/t14-/m0/s1. The number of methoxy groups -OCH3 is 2. The zero-order chi connectivity index (χ0) is 20.3. The van der Waals surface area contributed by atoms with Crippen LogP contribution in [0.25, 0.3) is 0 Å². The summed E-state index contributed by atoms with van der Waals surface area (Å²) in [7, 11) is 3.10. The number of urea groups is 1. The first-order valence-electron chi connectivity index (χ1n) is 9.26. The fraction of sp³-hybridized carbons (Fsp3) is 0.526. The van der Waals surface area contributed by atoms with Gasteiger partial charge in [0.05, 0.1) is 20.3 Å². The van der Waals surface area contributed by atoms with E-state index in [2.05, 4.69) is 5.32 Å². The van der Waals surface area contributed by atoms with Crippen LogP contribution in [-0.2, 0) is 9.59 Å². The molecule has 1 N–H and O–H groups in total. The molecule has 9 heteroatoms. The fourth-order valence-electron chi connectivity index (χ4n) is 3.54. The third-order valence-electron chi connectivity index (χ3n) is 5.14. The third-order valence-corrected chi connectivity index (χ3v) is 5.14. The molecule has 3 rings (SSSR count). The lowest BCUT2D eigenvalue weighted by Gasteiger charge is -2.34. The van der Waals surface area contributed by atoms with E-state index < -0.39 is 0 Å². The van der Waals surface area contributed by atoms with Gasteiger partial charge in [-0.15, -0.1) is 0 Å². The fourth-order valence-corrected chi connectivity index (χ4v) is 3.54. The van der Waals surface area contributed by atoms with E-state index in [1.807, 2.05) is 0 Å². The Bertz CT molecular complexity index is 761. The number of nitrogens with zero attached hydrogens (tertiary/aromatic N) is 3. The summed E-state index contributed by atoms with van der Waals surface area (Å²) in [6, 6.07) is 4.84. The molecular weight excluding hydrogens is 364 g/mol. The molecule has 0 saturated carbocycles. The number of benzene rings is 1. The molecule has 152 valence electrons. The predicted molar refractivity (Wildman–Crippen MR) is 103 cm³/mol. The van der Waals surface area contributed by atoms with E-state index in [0.29, 0.717) is 49.9 Å². The topological polar surface area (TPSA) is 91.4 Å². The van der Waals surface area contributed by atoms with Crippen molar-refractivity contribution >= 4 is 23.5 Å². The van der Waals surface area contributed by atoms with E-state index in [1.54, 1.807) is 47.1 Å². The second-order valence-corrected chi connectivity index (χ2v) is 6.89. The summed E-state index contributed by atoms with van der Waals surface area (Å²) >= 11 is 0. The summed E-state index contributed by atoms with van der Waals surface area (Å²) in [5, 5.41) is 2.94. The van der Waals surface area contributed by atoms with Crippen LogP contribution < -0.4 is 19.7 Å². The molecule has 2 saturated heterocycles. The Balaban J connectivity index is 1.59. The summed E-state index contributed by atoms with van der Waals surface area (Å²) in [5.74, 6) is 1.10. The summed E-state index contributed by atoms with van der Waals surface area (Å²) in [6.07, 6.45) is 0.244. The maximum Gasteiger partial charge on any atom is 0.317 e. The van der Waals surface area contributed by atoms with E-state index in [1.165, 1.54) is 6.92 Å².